The van der Waals surface area contributed by atoms with Crippen LogP contribution in [0.25, 0.3) is 0 Å². The van der Waals surface area contributed by atoms with Crippen LogP contribution in [-0.2, 0) is 5.33 Å². The van der Waals surface area contributed by atoms with Crippen molar-refractivity contribution in [1.82, 2.24) is 0 Å². The minimum Gasteiger partial charge on any atom is -0.457 e. The second-order valence-electron chi connectivity index (χ2n) is 3.59. The van der Waals surface area contributed by atoms with Crippen molar-refractivity contribution in [2.24, 2.45) is 0 Å². The van der Waals surface area contributed by atoms with Gasteiger partial charge in [-0.2, -0.15) is 0 Å². The van der Waals surface area contributed by atoms with Gasteiger partial charge in [0.1, 0.15) is 11.5 Å². The first-order chi connectivity index (χ1) is 8.58. The molecule has 0 saturated heterocycles. The summed E-state index contributed by atoms with van der Waals surface area (Å²) >= 11 is 18.7. The van der Waals surface area contributed by atoms with E-state index in [0.717, 1.165) is 15.8 Å². The summed E-state index contributed by atoms with van der Waals surface area (Å²) in [5.74, 6) is 1.38. The highest BCUT2D eigenvalue weighted by molar-refractivity contribution is 9.10. The Hall–Kier alpha value is -0.220. The molecule has 0 radical (unpaired) electrons. The van der Waals surface area contributed by atoms with Gasteiger partial charge in [-0.1, -0.05) is 61.1 Å². The third-order valence-corrected chi connectivity index (χ3v) is 3.77. The zero-order valence-electron chi connectivity index (χ0n) is 9.09. The number of rotatable bonds is 3. The summed E-state index contributed by atoms with van der Waals surface area (Å²) < 4.78 is 6.77. The number of hydrogen-bond donors (Lipinski definition) is 0. The lowest BCUT2D eigenvalue weighted by atomic mass is 10.2. The summed E-state index contributed by atoms with van der Waals surface area (Å²) in [6, 6.07) is 11.0. The Bertz CT molecular complexity index is 553. The van der Waals surface area contributed by atoms with E-state index in [9.17, 15) is 0 Å². The molecule has 0 saturated carbocycles. The highest BCUT2D eigenvalue weighted by Crippen LogP contribution is 2.32. The lowest BCUT2D eigenvalue weighted by Gasteiger charge is -2.10. The van der Waals surface area contributed by atoms with E-state index in [4.69, 9.17) is 27.9 Å². The number of ether oxygens (including phenoxy) is 1. The van der Waals surface area contributed by atoms with Gasteiger partial charge in [0.05, 0.1) is 0 Å². The van der Waals surface area contributed by atoms with Gasteiger partial charge >= 0.3 is 0 Å². The number of benzene rings is 2. The Morgan fingerprint density at radius 2 is 1.67 bits per heavy atom. The molecule has 2 aromatic rings. The Kier molecular flexibility index (Phi) is 4.96. The van der Waals surface area contributed by atoms with Gasteiger partial charge < -0.3 is 4.74 Å². The number of alkyl halides is 1. The molecule has 0 atom stereocenters. The Morgan fingerprint density at radius 1 is 1.00 bits per heavy atom. The molecular weight excluding hydrogens is 403 g/mol. The molecule has 0 aliphatic rings. The van der Waals surface area contributed by atoms with E-state index in [2.05, 4.69) is 31.9 Å². The van der Waals surface area contributed by atoms with Crippen molar-refractivity contribution in [3.05, 3.63) is 56.5 Å². The van der Waals surface area contributed by atoms with Crippen LogP contribution in [-0.4, -0.2) is 0 Å². The molecule has 94 valence electrons. The van der Waals surface area contributed by atoms with Gasteiger partial charge in [-0.3, -0.25) is 0 Å². The van der Waals surface area contributed by atoms with E-state index >= 15 is 0 Å². The van der Waals surface area contributed by atoms with Gasteiger partial charge in [-0.15, -0.1) is 0 Å². The van der Waals surface area contributed by atoms with E-state index < -0.39 is 0 Å². The fourth-order valence-corrected chi connectivity index (χ4v) is 2.76. The van der Waals surface area contributed by atoms with Crippen LogP contribution >= 0.6 is 55.1 Å². The van der Waals surface area contributed by atoms with Crippen LogP contribution in [0.3, 0.4) is 0 Å². The Labute approximate surface area is 132 Å². The van der Waals surface area contributed by atoms with Crippen molar-refractivity contribution in [1.29, 1.82) is 0 Å². The summed E-state index contributed by atoms with van der Waals surface area (Å²) in [5.41, 5.74) is 1.05. The van der Waals surface area contributed by atoms with Crippen LogP contribution < -0.4 is 4.74 Å². The highest BCUT2D eigenvalue weighted by atomic mass is 79.9. The predicted molar refractivity (Wildman–Crippen MR) is 83.3 cm³/mol. The molecule has 2 aromatic carbocycles. The molecule has 2 rings (SSSR count). The standard InChI is InChI=1S/C13H8Br2Cl2O/c14-7-8-1-2-9(15)3-13(8)18-12-5-10(16)4-11(17)6-12/h1-6H,7H2. The molecule has 0 fully saturated rings. The topological polar surface area (TPSA) is 9.23 Å². The molecule has 18 heavy (non-hydrogen) atoms. The van der Waals surface area contributed by atoms with E-state index in [1.54, 1.807) is 18.2 Å². The molecular formula is C13H8Br2Cl2O. The lowest BCUT2D eigenvalue weighted by molar-refractivity contribution is 0.478. The molecule has 0 amide bonds. The smallest absolute Gasteiger partial charge is 0.132 e. The minimum atomic E-state index is 0.549. The summed E-state index contributed by atoms with van der Waals surface area (Å²) in [6.45, 7) is 0. The second kappa shape index (κ2) is 6.29. The summed E-state index contributed by atoms with van der Waals surface area (Å²) in [7, 11) is 0. The lowest BCUT2D eigenvalue weighted by Crippen LogP contribution is -1.89. The molecule has 0 aliphatic heterocycles. The fourth-order valence-electron chi connectivity index (χ4n) is 1.45. The van der Waals surface area contributed by atoms with Gasteiger partial charge in [-0.25, -0.2) is 0 Å². The maximum absolute atomic E-state index is 5.94. The molecule has 0 aliphatic carbocycles. The largest absolute Gasteiger partial charge is 0.457 e. The SMILES string of the molecule is Clc1cc(Cl)cc(Oc2cc(Br)ccc2CBr)c1. The van der Waals surface area contributed by atoms with E-state index in [1.807, 2.05) is 18.2 Å². The third-order valence-electron chi connectivity index (χ3n) is 2.24. The average Bonchev–Trinajstić information content (AvgIpc) is 2.27. The first-order valence-corrected chi connectivity index (χ1v) is 7.74. The number of halogens is 4. The predicted octanol–water partition coefficient (Wildman–Crippen LogP) is 6.44. The molecule has 1 nitrogen and oxygen atoms in total. The molecule has 0 spiro atoms. The molecule has 0 unspecified atom stereocenters. The molecule has 5 heteroatoms. The molecule has 0 aromatic heterocycles. The van der Waals surface area contributed by atoms with Crippen molar-refractivity contribution < 1.29 is 4.74 Å². The van der Waals surface area contributed by atoms with E-state index in [1.165, 1.54) is 0 Å². The Morgan fingerprint density at radius 3 is 2.28 bits per heavy atom. The second-order valence-corrected chi connectivity index (χ2v) is 5.94. The van der Waals surface area contributed by atoms with E-state index in [0.29, 0.717) is 21.1 Å². The normalized spacial score (nSPS) is 10.4. The summed E-state index contributed by atoms with van der Waals surface area (Å²) in [5, 5.41) is 1.81. The van der Waals surface area contributed by atoms with Crippen molar-refractivity contribution in [3.8, 4) is 11.5 Å². The fraction of sp³-hybridized carbons (Fsp3) is 0.0769. The monoisotopic (exact) mass is 408 g/mol. The van der Waals surface area contributed by atoms with Crippen LogP contribution in [0, 0.1) is 0 Å². The highest BCUT2D eigenvalue weighted by Gasteiger charge is 2.06. The quantitative estimate of drug-likeness (QED) is 0.529. The van der Waals surface area contributed by atoms with Gasteiger partial charge in [-0.05, 0) is 30.3 Å². The van der Waals surface area contributed by atoms with Crippen molar-refractivity contribution in [2.75, 3.05) is 0 Å². The van der Waals surface area contributed by atoms with Gasteiger partial charge in [0.15, 0.2) is 0 Å². The van der Waals surface area contributed by atoms with Crippen LogP contribution in [0.15, 0.2) is 40.9 Å². The maximum atomic E-state index is 5.94. The Balaban J connectivity index is 2.35. The van der Waals surface area contributed by atoms with Crippen molar-refractivity contribution in [3.63, 3.8) is 0 Å². The van der Waals surface area contributed by atoms with Crippen molar-refractivity contribution >= 4 is 55.1 Å². The first-order valence-electron chi connectivity index (χ1n) is 5.07. The van der Waals surface area contributed by atoms with E-state index in [-0.39, 0.29) is 0 Å². The average molecular weight is 411 g/mol. The zero-order chi connectivity index (χ0) is 13.1. The van der Waals surface area contributed by atoms with Crippen LogP contribution in [0.1, 0.15) is 5.56 Å². The third kappa shape index (κ3) is 3.64. The molecule has 0 heterocycles. The molecule has 0 N–H and O–H groups in total. The van der Waals surface area contributed by atoms with Crippen molar-refractivity contribution in [2.45, 2.75) is 5.33 Å². The zero-order valence-corrected chi connectivity index (χ0v) is 13.8. The maximum Gasteiger partial charge on any atom is 0.132 e. The van der Waals surface area contributed by atoms with Gasteiger partial charge in [0, 0.05) is 25.4 Å². The summed E-state index contributed by atoms with van der Waals surface area (Å²) in [4.78, 5) is 0. The van der Waals surface area contributed by atoms with Gasteiger partial charge in [0.2, 0.25) is 0 Å². The number of hydrogen-bond acceptors (Lipinski definition) is 1. The van der Waals surface area contributed by atoms with Crippen LogP contribution in [0.5, 0.6) is 11.5 Å². The first kappa shape index (κ1) is 14.2. The van der Waals surface area contributed by atoms with Gasteiger partial charge in [0.25, 0.3) is 0 Å². The summed E-state index contributed by atoms with van der Waals surface area (Å²) in [6.07, 6.45) is 0. The molecule has 0 bridgehead atoms. The van der Waals surface area contributed by atoms with Crippen LogP contribution in [0.4, 0.5) is 0 Å². The minimum absolute atomic E-state index is 0.549. The van der Waals surface area contributed by atoms with Crippen LogP contribution in [0.2, 0.25) is 10.0 Å².